The van der Waals surface area contributed by atoms with E-state index in [9.17, 15) is 4.39 Å². The Hall–Kier alpha value is -0.970. The van der Waals surface area contributed by atoms with Crippen LogP contribution in [-0.2, 0) is 0 Å². The lowest BCUT2D eigenvalue weighted by atomic mass is 10.1. The van der Waals surface area contributed by atoms with Crippen LogP contribution >= 0.6 is 22.9 Å². The maximum absolute atomic E-state index is 13.5. The van der Waals surface area contributed by atoms with Crippen molar-refractivity contribution < 1.29 is 4.39 Å². The third-order valence-electron chi connectivity index (χ3n) is 2.57. The third-order valence-corrected chi connectivity index (χ3v) is 3.90. The lowest BCUT2D eigenvalue weighted by Crippen LogP contribution is -2.22. The van der Waals surface area contributed by atoms with E-state index >= 15 is 0 Å². The van der Waals surface area contributed by atoms with Crippen LogP contribution in [-0.4, -0.2) is 11.5 Å². The van der Waals surface area contributed by atoms with Crippen molar-refractivity contribution in [1.82, 2.24) is 10.3 Å². The van der Waals surface area contributed by atoms with Gasteiger partial charge >= 0.3 is 0 Å². The normalized spacial score (nSPS) is 12.7. The molecule has 0 saturated carbocycles. The number of hydrogen-bond donors (Lipinski definition) is 1. The molecular formula is C13H14ClFN2S. The standard InChI is InChI=1S/C13H14ClFN2S/c1-3-16-12(13-17-8(2)7-18-13)9-4-5-10(14)11(15)6-9/h4-7,12,16H,3H2,1-2H3. The van der Waals surface area contributed by atoms with Gasteiger partial charge in [-0.3, -0.25) is 0 Å². The predicted octanol–water partition coefficient (Wildman–Crippen LogP) is 3.94. The van der Waals surface area contributed by atoms with Crippen molar-refractivity contribution in [2.24, 2.45) is 0 Å². The minimum atomic E-state index is -0.398. The van der Waals surface area contributed by atoms with E-state index in [4.69, 9.17) is 11.6 Å². The smallest absolute Gasteiger partial charge is 0.142 e. The number of aromatic nitrogens is 1. The summed E-state index contributed by atoms with van der Waals surface area (Å²) in [6, 6.07) is 4.79. The average molecular weight is 285 g/mol. The van der Waals surface area contributed by atoms with Crippen molar-refractivity contribution in [2.75, 3.05) is 6.54 Å². The van der Waals surface area contributed by atoms with E-state index in [1.165, 1.54) is 6.07 Å². The van der Waals surface area contributed by atoms with Gasteiger partial charge in [0.25, 0.3) is 0 Å². The summed E-state index contributed by atoms with van der Waals surface area (Å²) in [5.74, 6) is -0.398. The molecule has 0 amide bonds. The number of thiazole rings is 1. The Bertz CT molecular complexity index is 542. The number of halogens is 2. The lowest BCUT2D eigenvalue weighted by Gasteiger charge is -2.16. The molecule has 96 valence electrons. The molecule has 2 nitrogen and oxygen atoms in total. The molecule has 1 unspecified atom stereocenters. The van der Waals surface area contributed by atoms with Crippen molar-refractivity contribution in [1.29, 1.82) is 0 Å². The highest BCUT2D eigenvalue weighted by Crippen LogP contribution is 2.27. The number of aryl methyl sites for hydroxylation is 1. The highest BCUT2D eigenvalue weighted by molar-refractivity contribution is 7.09. The number of rotatable bonds is 4. The molecule has 0 bridgehead atoms. The summed E-state index contributed by atoms with van der Waals surface area (Å²) in [5.41, 5.74) is 1.82. The molecule has 18 heavy (non-hydrogen) atoms. The summed E-state index contributed by atoms with van der Waals surface area (Å²) in [5, 5.41) is 6.39. The minimum absolute atomic E-state index is 0.0829. The van der Waals surface area contributed by atoms with Crippen LogP contribution in [0.25, 0.3) is 0 Å². The van der Waals surface area contributed by atoms with Crippen molar-refractivity contribution in [2.45, 2.75) is 19.9 Å². The SMILES string of the molecule is CCNC(c1ccc(Cl)c(F)c1)c1nc(C)cs1. The fourth-order valence-corrected chi connectivity index (χ4v) is 2.76. The Morgan fingerprint density at radius 1 is 1.50 bits per heavy atom. The largest absolute Gasteiger partial charge is 0.305 e. The van der Waals surface area contributed by atoms with Gasteiger partial charge in [0, 0.05) is 11.1 Å². The van der Waals surface area contributed by atoms with Gasteiger partial charge in [-0.1, -0.05) is 24.6 Å². The molecule has 0 aliphatic carbocycles. The Labute approximate surface area is 115 Å². The molecule has 1 atom stereocenters. The van der Waals surface area contributed by atoms with E-state index < -0.39 is 5.82 Å². The van der Waals surface area contributed by atoms with Gasteiger partial charge < -0.3 is 5.32 Å². The van der Waals surface area contributed by atoms with Crippen LogP contribution < -0.4 is 5.32 Å². The zero-order valence-electron chi connectivity index (χ0n) is 10.2. The van der Waals surface area contributed by atoms with Crippen molar-refractivity contribution >= 4 is 22.9 Å². The minimum Gasteiger partial charge on any atom is -0.305 e. The lowest BCUT2D eigenvalue weighted by molar-refractivity contribution is 0.601. The van der Waals surface area contributed by atoms with E-state index in [0.29, 0.717) is 0 Å². The second-order valence-corrected chi connectivity index (χ2v) is 5.29. The first-order valence-corrected chi connectivity index (χ1v) is 6.98. The number of nitrogens with zero attached hydrogens (tertiary/aromatic N) is 1. The third kappa shape index (κ3) is 2.88. The predicted molar refractivity (Wildman–Crippen MR) is 73.8 cm³/mol. The average Bonchev–Trinajstić information content (AvgIpc) is 2.76. The van der Waals surface area contributed by atoms with Gasteiger partial charge in [-0.25, -0.2) is 9.37 Å². The van der Waals surface area contributed by atoms with Crippen molar-refractivity contribution in [3.05, 3.63) is 50.7 Å². The summed E-state index contributed by atoms with van der Waals surface area (Å²) < 4.78 is 13.5. The highest BCUT2D eigenvalue weighted by Gasteiger charge is 2.17. The van der Waals surface area contributed by atoms with Gasteiger partial charge in [0.1, 0.15) is 10.8 Å². The Morgan fingerprint density at radius 2 is 2.28 bits per heavy atom. The van der Waals surface area contributed by atoms with Crippen LogP contribution in [0, 0.1) is 12.7 Å². The number of benzene rings is 1. The van der Waals surface area contributed by atoms with E-state index in [0.717, 1.165) is 22.8 Å². The molecule has 0 fully saturated rings. The highest BCUT2D eigenvalue weighted by atomic mass is 35.5. The second-order valence-electron chi connectivity index (χ2n) is 3.99. The molecule has 0 aliphatic rings. The van der Waals surface area contributed by atoms with Gasteiger partial charge in [-0.2, -0.15) is 0 Å². The topological polar surface area (TPSA) is 24.9 Å². The van der Waals surface area contributed by atoms with Gasteiger partial charge in [-0.15, -0.1) is 11.3 Å². The quantitative estimate of drug-likeness (QED) is 0.920. The molecule has 0 aliphatic heterocycles. The molecule has 1 N–H and O–H groups in total. The molecule has 2 aromatic rings. The maximum Gasteiger partial charge on any atom is 0.142 e. The molecule has 1 aromatic carbocycles. The summed E-state index contributed by atoms with van der Waals surface area (Å²) in [4.78, 5) is 4.46. The van der Waals surface area contributed by atoms with E-state index in [-0.39, 0.29) is 11.1 Å². The Morgan fingerprint density at radius 3 is 2.83 bits per heavy atom. The van der Waals surface area contributed by atoms with Gasteiger partial charge in [0.05, 0.1) is 11.1 Å². The molecule has 2 rings (SSSR count). The van der Waals surface area contributed by atoms with Crippen LogP contribution in [0.15, 0.2) is 23.6 Å². The van der Waals surface area contributed by atoms with E-state index in [1.807, 2.05) is 25.3 Å². The summed E-state index contributed by atoms with van der Waals surface area (Å²) in [6.45, 7) is 4.75. The fraction of sp³-hybridized carbons (Fsp3) is 0.308. The Balaban J connectivity index is 2.37. The van der Waals surface area contributed by atoms with Gasteiger partial charge in [-0.05, 0) is 31.2 Å². The van der Waals surface area contributed by atoms with Crippen molar-refractivity contribution in [3.8, 4) is 0 Å². The van der Waals surface area contributed by atoms with Gasteiger partial charge in [0.2, 0.25) is 0 Å². The first-order chi connectivity index (χ1) is 8.61. The first kappa shape index (κ1) is 13.5. The molecular weight excluding hydrogens is 271 g/mol. The van der Waals surface area contributed by atoms with Crippen LogP contribution in [0.1, 0.15) is 29.2 Å². The molecule has 0 spiro atoms. The maximum atomic E-state index is 13.5. The molecule has 1 aromatic heterocycles. The summed E-state index contributed by atoms with van der Waals surface area (Å²) in [7, 11) is 0. The zero-order chi connectivity index (χ0) is 13.1. The first-order valence-electron chi connectivity index (χ1n) is 5.72. The summed E-state index contributed by atoms with van der Waals surface area (Å²) in [6.07, 6.45) is 0. The Kier molecular flexibility index (Phi) is 4.32. The summed E-state index contributed by atoms with van der Waals surface area (Å²) >= 11 is 7.28. The number of nitrogens with one attached hydrogen (secondary N) is 1. The van der Waals surface area contributed by atoms with Crippen molar-refractivity contribution in [3.63, 3.8) is 0 Å². The van der Waals surface area contributed by atoms with Crippen LogP contribution in [0.5, 0.6) is 0 Å². The molecule has 5 heteroatoms. The zero-order valence-corrected chi connectivity index (χ0v) is 11.8. The fourth-order valence-electron chi connectivity index (χ4n) is 1.75. The van der Waals surface area contributed by atoms with Crippen LogP contribution in [0.2, 0.25) is 5.02 Å². The second kappa shape index (κ2) is 5.78. The van der Waals surface area contributed by atoms with E-state index in [1.54, 1.807) is 17.4 Å². The van der Waals surface area contributed by atoms with Crippen LogP contribution in [0.4, 0.5) is 4.39 Å². The van der Waals surface area contributed by atoms with Gasteiger partial charge in [0.15, 0.2) is 0 Å². The molecule has 1 heterocycles. The monoisotopic (exact) mass is 284 g/mol. The van der Waals surface area contributed by atoms with Crippen LogP contribution in [0.3, 0.4) is 0 Å². The van der Waals surface area contributed by atoms with E-state index in [2.05, 4.69) is 10.3 Å². The number of hydrogen-bond acceptors (Lipinski definition) is 3. The molecule has 0 radical (unpaired) electrons. The molecule has 0 saturated heterocycles.